The van der Waals surface area contributed by atoms with Crippen molar-refractivity contribution in [2.45, 2.75) is 32.7 Å². The molecule has 0 unspecified atom stereocenters. The summed E-state index contributed by atoms with van der Waals surface area (Å²) in [6.45, 7) is 3.20. The predicted octanol–water partition coefficient (Wildman–Crippen LogP) is 3.53. The van der Waals surface area contributed by atoms with Crippen LogP contribution >= 0.6 is 0 Å². The highest BCUT2D eigenvalue weighted by Crippen LogP contribution is 2.16. The van der Waals surface area contributed by atoms with E-state index in [1.165, 1.54) is 0 Å². The Hall–Kier alpha value is -3.15. The van der Waals surface area contributed by atoms with Gasteiger partial charge in [0, 0.05) is 26.3 Å². The van der Waals surface area contributed by atoms with Crippen molar-refractivity contribution in [1.29, 1.82) is 0 Å². The number of hydrogen-bond acceptors (Lipinski definition) is 3. The number of carbonyl (C=O) groups excluding carboxylic acids is 2. The van der Waals surface area contributed by atoms with Crippen LogP contribution in [0.5, 0.6) is 0 Å². The number of amides is 2. The molecule has 1 aromatic carbocycles. The molecule has 0 saturated carbocycles. The average molecular weight is 378 g/mol. The standard InChI is InChI=1S/C22H26N4O2/c1-3-4-9-14-23-21(27)20-24-19(18-13-8-10-15-26(18)20)22(28)25(2)16-17-11-6-5-7-12-17/h5-8,10-13,15H,3-4,9,14,16H2,1-2H3,(H,23,27). The average Bonchev–Trinajstić information content (AvgIpc) is 3.11. The molecule has 1 N–H and O–H groups in total. The first-order valence-corrected chi connectivity index (χ1v) is 9.66. The summed E-state index contributed by atoms with van der Waals surface area (Å²) < 4.78 is 1.68. The number of benzene rings is 1. The molecule has 146 valence electrons. The number of fused-ring (bicyclic) bond motifs is 1. The summed E-state index contributed by atoms with van der Waals surface area (Å²) in [5.74, 6) is -0.233. The number of pyridine rings is 1. The van der Waals surface area contributed by atoms with Gasteiger partial charge in [-0.25, -0.2) is 4.98 Å². The molecule has 2 aromatic heterocycles. The molecule has 3 aromatic rings. The number of rotatable bonds is 8. The molecule has 2 heterocycles. The van der Waals surface area contributed by atoms with Gasteiger partial charge in [0.1, 0.15) is 0 Å². The van der Waals surface area contributed by atoms with E-state index in [2.05, 4.69) is 17.2 Å². The van der Waals surface area contributed by atoms with Crippen LogP contribution in [0.1, 0.15) is 52.9 Å². The summed E-state index contributed by atoms with van der Waals surface area (Å²) in [7, 11) is 1.74. The van der Waals surface area contributed by atoms with Crippen molar-refractivity contribution in [3.63, 3.8) is 0 Å². The number of aromatic nitrogens is 2. The molecule has 6 nitrogen and oxygen atoms in total. The van der Waals surface area contributed by atoms with Gasteiger partial charge in [-0.3, -0.25) is 14.0 Å². The van der Waals surface area contributed by atoms with Crippen LogP contribution < -0.4 is 5.32 Å². The Morgan fingerprint density at radius 1 is 1.07 bits per heavy atom. The second-order valence-corrected chi connectivity index (χ2v) is 6.85. The Labute approximate surface area is 165 Å². The highest BCUT2D eigenvalue weighted by atomic mass is 16.2. The van der Waals surface area contributed by atoms with Gasteiger partial charge < -0.3 is 10.2 Å². The Morgan fingerprint density at radius 3 is 2.57 bits per heavy atom. The SMILES string of the molecule is CCCCCNC(=O)c1nc(C(=O)N(C)Cc2ccccc2)c2ccccn12. The number of nitrogens with one attached hydrogen (secondary N) is 1. The van der Waals surface area contributed by atoms with Crippen molar-refractivity contribution < 1.29 is 9.59 Å². The molecule has 0 aliphatic carbocycles. The van der Waals surface area contributed by atoms with Crippen LogP contribution in [-0.4, -0.2) is 39.7 Å². The van der Waals surface area contributed by atoms with Gasteiger partial charge in [0.05, 0.1) is 5.52 Å². The second kappa shape index (κ2) is 9.17. The van der Waals surface area contributed by atoms with E-state index >= 15 is 0 Å². The molecular weight excluding hydrogens is 352 g/mol. The van der Waals surface area contributed by atoms with Crippen LogP contribution in [0.3, 0.4) is 0 Å². The van der Waals surface area contributed by atoms with E-state index in [4.69, 9.17) is 0 Å². The largest absolute Gasteiger partial charge is 0.349 e. The lowest BCUT2D eigenvalue weighted by atomic mass is 10.2. The first-order chi connectivity index (χ1) is 13.6. The third kappa shape index (κ3) is 4.39. The van der Waals surface area contributed by atoms with E-state index in [0.717, 1.165) is 24.8 Å². The second-order valence-electron chi connectivity index (χ2n) is 6.85. The van der Waals surface area contributed by atoms with E-state index in [1.54, 1.807) is 22.5 Å². The normalized spacial score (nSPS) is 10.8. The van der Waals surface area contributed by atoms with Gasteiger partial charge in [0.15, 0.2) is 5.69 Å². The van der Waals surface area contributed by atoms with Crippen molar-refractivity contribution in [2.24, 2.45) is 0 Å². The van der Waals surface area contributed by atoms with Crippen LogP contribution in [-0.2, 0) is 6.54 Å². The molecular formula is C22H26N4O2. The van der Waals surface area contributed by atoms with Gasteiger partial charge in [0.2, 0.25) is 5.82 Å². The summed E-state index contributed by atoms with van der Waals surface area (Å²) in [5.41, 5.74) is 1.96. The maximum Gasteiger partial charge on any atom is 0.287 e. The Balaban J connectivity index is 1.83. The fourth-order valence-electron chi connectivity index (χ4n) is 3.12. The Bertz CT molecular complexity index is 950. The monoisotopic (exact) mass is 378 g/mol. The minimum Gasteiger partial charge on any atom is -0.349 e. The zero-order valence-corrected chi connectivity index (χ0v) is 16.4. The lowest BCUT2D eigenvalue weighted by molar-refractivity contribution is 0.0782. The third-order valence-electron chi connectivity index (χ3n) is 4.63. The van der Waals surface area contributed by atoms with Gasteiger partial charge >= 0.3 is 0 Å². The maximum atomic E-state index is 13.0. The molecule has 0 fully saturated rings. The highest BCUT2D eigenvalue weighted by Gasteiger charge is 2.23. The van der Waals surface area contributed by atoms with Crippen molar-refractivity contribution >= 4 is 17.3 Å². The predicted molar refractivity (Wildman–Crippen MR) is 109 cm³/mol. The first-order valence-electron chi connectivity index (χ1n) is 9.66. The number of carbonyl (C=O) groups is 2. The minimum absolute atomic E-state index is 0.211. The lowest BCUT2D eigenvalue weighted by Crippen LogP contribution is -2.28. The van der Waals surface area contributed by atoms with Crippen LogP contribution in [0.2, 0.25) is 0 Å². The van der Waals surface area contributed by atoms with Gasteiger partial charge in [-0.2, -0.15) is 0 Å². The van der Waals surface area contributed by atoms with Crippen molar-refractivity contribution in [1.82, 2.24) is 19.6 Å². The Kier molecular flexibility index (Phi) is 6.42. The molecule has 0 saturated heterocycles. The fourth-order valence-corrected chi connectivity index (χ4v) is 3.12. The molecule has 2 amide bonds. The molecule has 0 atom stereocenters. The zero-order chi connectivity index (χ0) is 19.9. The van der Waals surface area contributed by atoms with Gasteiger partial charge in [-0.1, -0.05) is 56.2 Å². The van der Waals surface area contributed by atoms with Gasteiger partial charge in [-0.05, 0) is 24.1 Å². The smallest absolute Gasteiger partial charge is 0.287 e. The minimum atomic E-state index is -0.262. The molecule has 0 bridgehead atoms. The van der Waals surface area contributed by atoms with Crippen molar-refractivity contribution in [3.05, 3.63) is 71.8 Å². The number of nitrogens with zero attached hydrogens (tertiary/aromatic N) is 3. The number of hydrogen-bond donors (Lipinski definition) is 1. The van der Waals surface area contributed by atoms with Crippen molar-refractivity contribution in [2.75, 3.05) is 13.6 Å². The Morgan fingerprint density at radius 2 is 1.82 bits per heavy atom. The summed E-state index contributed by atoms with van der Waals surface area (Å²) in [6, 6.07) is 15.3. The molecule has 0 spiro atoms. The summed E-state index contributed by atoms with van der Waals surface area (Å²) in [5, 5.41) is 2.90. The van der Waals surface area contributed by atoms with Crippen molar-refractivity contribution in [3.8, 4) is 0 Å². The van der Waals surface area contributed by atoms with E-state index in [-0.39, 0.29) is 23.3 Å². The molecule has 6 heteroatoms. The van der Waals surface area contributed by atoms with E-state index < -0.39 is 0 Å². The van der Waals surface area contributed by atoms with Crippen LogP contribution in [0.15, 0.2) is 54.7 Å². The van der Waals surface area contributed by atoms with Crippen LogP contribution in [0, 0.1) is 0 Å². The molecule has 3 rings (SSSR count). The zero-order valence-electron chi connectivity index (χ0n) is 16.4. The maximum absolute atomic E-state index is 13.0. The van der Waals surface area contributed by atoms with Gasteiger partial charge in [-0.15, -0.1) is 0 Å². The molecule has 0 aliphatic rings. The van der Waals surface area contributed by atoms with Crippen LogP contribution in [0.4, 0.5) is 0 Å². The summed E-state index contributed by atoms with van der Waals surface area (Å²) in [4.78, 5) is 31.6. The number of imidazole rings is 1. The topological polar surface area (TPSA) is 66.7 Å². The van der Waals surface area contributed by atoms with E-state index in [9.17, 15) is 9.59 Å². The number of unbranched alkanes of at least 4 members (excludes halogenated alkanes) is 2. The fraction of sp³-hybridized carbons (Fsp3) is 0.318. The van der Waals surface area contributed by atoms with E-state index in [1.807, 2.05) is 48.5 Å². The highest BCUT2D eigenvalue weighted by molar-refractivity contribution is 6.02. The van der Waals surface area contributed by atoms with Gasteiger partial charge in [0.25, 0.3) is 11.8 Å². The molecule has 28 heavy (non-hydrogen) atoms. The molecule has 0 aliphatic heterocycles. The molecule has 0 radical (unpaired) electrons. The van der Waals surface area contributed by atoms with E-state index in [0.29, 0.717) is 18.6 Å². The summed E-state index contributed by atoms with van der Waals surface area (Å²) in [6.07, 6.45) is 4.85. The first kappa shape index (κ1) is 19.6. The third-order valence-corrected chi connectivity index (χ3v) is 4.63. The van der Waals surface area contributed by atoms with Crippen LogP contribution in [0.25, 0.3) is 5.52 Å². The lowest BCUT2D eigenvalue weighted by Gasteiger charge is -2.16. The quantitative estimate of drug-likeness (QED) is 0.610. The summed E-state index contributed by atoms with van der Waals surface area (Å²) >= 11 is 0.